The minimum absolute atomic E-state index is 0.196. The summed E-state index contributed by atoms with van der Waals surface area (Å²) in [6.07, 6.45) is -4.63. The predicted octanol–water partition coefficient (Wildman–Crippen LogP) is 3.66. The highest BCUT2D eigenvalue weighted by Crippen LogP contribution is 2.29. The van der Waals surface area contributed by atoms with Crippen molar-refractivity contribution in [3.05, 3.63) is 64.7 Å². The van der Waals surface area contributed by atoms with Crippen LogP contribution in [-0.2, 0) is 12.7 Å². The molecule has 3 heterocycles. The number of nitrogens with one attached hydrogen (secondary N) is 2. The van der Waals surface area contributed by atoms with Gasteiger partial charge in [-0.3, -0.25) is 10.1 Å². The molecule has 1 atom stereocenters. The third-order valence-corrected chi connectivity index (χ3v) is 5.21. The van der Waals surface area contributed by atoms with Crippen LogP contribution in [0.3, 0.4) is 0 Å². The molecule has 0 aliphatic carbocycles. The first-order valence-electron chi connectivity index (χ1n) is 8.23. The number of nitrogens with zero attached hydrogens (tertiary/aromatic N) is 2. The van der Waals surface area contributed by atoms with Crippen molar-refractivity contribution in [3.63, 3.8) is 0 Å². The number of alkyl halides is 3. The van der Waals surface area contributed by atoms with Crippen LogP contribution in [0.5, 0.6) is 0 Å². The van der Waals surface area contributed by atoms with Crippen LogP contribution in [0.4, 0.5) is 13.2 Å². The van der Waals surface area contributed by atoms with Gasteiger partial charge in [0, 0.05) is 6.54 Å². The molecule has 0 spiro atoms. The Bertz CT molecular complexity index is 948. The smallest absolute Gasteiger partial charge is 0.347 e. The van der Waals surface area contributed by atoms with E-state index in [9.17, 15) is 18.0 Å². The number of carbonyl (C=O) groups excluding carboxylic acids is 1. The Morgan fingerprint density at radius 1 is 1.26 bits per heavy atom. The lowest BCUT2D eigenvalue weighted by molar-refractivity contribution is -0.137. The van der Waals surface area contributed by atoms with Crippen molar-refractivity contribution in [1.29, 1.82) is 0 Å². The van der Waals surface area contributed by atoms with Gasteiger partial charge in [-0.15, -0.1) is 11.3 Å². The van der Waals surface area contributed by atoms with Crippen LogP contribution >= 0.6 is 11.3 Å². The van der Waals surface area contributed by atoms with Gasteiger partial charge in [0.1, 0.15) is 17.6 Å². The van der Waals surface area contributed by atoms with Crippen molar-refractivity contribution in [3.8, 4) is 10.6 Å². The Labute approximate surface area is 156 Å². The fourth-order valence-corrected chi connectivity index (χ4v) is 3.60. The maximum atomic E-state index is 12.7. The molecule has 0 saturated heterocycles. The van der Waals surface area contributed by atoms with Gasteiger partial charge in [0.15, 0.2) is 0 Å². The van der Waals surface area contributed by atoms with Crippen LogP contribution in [0.2, 0.25) is 0 Å². The Morgan fingerprint density at radius 3 is 2.70 bits per heavy atom. The summed E-state index contributed by atoms with van der Waals surface area (Å²) in [6.45, 7) is 0.699. The summed E-state index contributed by atoms with van der Waals surface area (Å²) in [5.41, 5.74) is 1.21. The molecule has 1 aliphatic rings. The van der Waals surface area contributed by atoms with Crippen molar-refractivity contribution >= 4 is 17.2 Å². The van der Waals surface area contributed by atoms with E-state index in [1.54, 1.807) is 10.7 Å². The zero-order valence-electron chi connectivity index (χ0n) is 14.0. The van der Waals surface area contributed by atoms with E-state index >= 15 is 0 Å². The molecule has 9 heteroatoms. The van der Waals surface area contributed by atoms with Gasteiger partial charge in [-0.2, -0.15) is 18.3 Å². The number of hydrogen-bond donors (Lipinski definition) is 2. The van der Waals surface area contributed by atoms with Crippen molar-refractivity contribution in [2.75, 3.05) is 6.54 Å². The van der Waals surface area contributed by atoms with E-state index in [0.29, 0.717) is 24.3 Å². The van der Waals surface area contributed by atoms with Crippen molar-refractivity contribution < 1.29 is 18.0 Å². The van der Waals surface area contributed by atoms with Crippen LogP contribution < -0.4 is 10.6 Å². The van der Waals surface area contributed by atoms with Crippen molar-refractivity contribution in [2.45, 2.75) is 18.9 Å². The highest BCUT2D eigenvalue weighted by molar-refractivity contribution is 7.13. The fourth-order valence-electron chi connectivity index (χ4n) is 2.92. The lowest BCUT2D eigenvalue weighted by atomic mass is 10.1. The second kappa shape index (κ2) is 6.82. The Balaban J connectivity index is 1.51. The average Bonchev–Trinajstić information content (AvgIpc) is 3.31. The van der Waals surface area contributed by atoms with Crippen LogP contribution in [0.25, 0.3) is 10.6 Å². The summed E-state index contributed by atoms with van der Waals surface area (Å²) in [5.74, 6) is -0.196. The van der Waals surface area contributed by atoms with Gasteiger partial charge >= 0.3 is 6.18 Å². The summed E-state index contributed by atoms with van der Waals surface area (Å²) in [5, 5.41) is 12.5. The summed E-state index contributed by atoms with van der Waals surface area (Å²) in [4.78, 5) is 13.1. The van der Waals surface area contributed by atoms with Crippen molar-refractivity contribution in [1.82, 2.24) is 20.4 Å². The average molecular weight is 392 g/mol. The third kappa shape index (κ3) is 3.60. The Hall–Kier alpha value is -2.65. The number of fused-ring (bicyclic) bond motifs is 1. The quantitative estimate of drug-likeness (QED) is 0.712. The van der Waals surface area contributed by atoms with Crippen LogP contribution in [0, 0.1) is 0 Å². The third-order valence-electron chi connectivity index (χ3n) is 4.32. The van der Waals surface area contributed by atoms with Gasteiger partial charge in [-0.05, 0) is 35.2 Å². The highest BCUT2D eigenvalue weighted by Gasteiger charge is 2.30. The monoisotopic (exact) mass is 392 g/mol. The van der Waals surface area contributed by atoms with E-state index in [4.69, 9.17) is 0 Å². The van der Waals surface area contributed by atoms with Gasteiger partial charge < -0.3 is 5.32 Å². The highest BCUT2D eigenvalue weighted by atomic mass is 32.1. The van der Waals surface area contributed by atoms with E-state index < -0.39 is 11.7 Å². The molecule has 0 fully saturated rings. The molecule has 4 rings (SSSR count). The zero-order chi connectivity index (χ0) is 19.0. The summed E-state index contributed by atoms with van der Waals surface area (Å²) in [7, 11) is 0. The van der Waals surface area contributed by atoms with Gasteiger partial charge in [0.25, 0.3) is 5.91 Å². The summed E-state index contributed by atoms with van der Waals surface area (Å²) >= 11 is 1.54. The minimum atomic E-state index is -4.35. The number of benzene rings is 1. The molecule has 3 aromatic rings. The molecule has 1 aromatic carbocycles. The molecule has 5 nitrogen and oxygen atoms in total. The first kappa shape index (κ1) is 17.7. The molecule has 140 valence electrons. The summed E-state index contributed by atoms with van der Waals surface area (Å²) in [6, 6.07) is 10.6. The maximum Gasteiger partial charge on any atom is 0.416 e. The largest absolute Gasteiger partial charge is 0.416 e. The van der Waals surface area contributed by atoms with Gasteiger partial charge in [0.2, 0.25) is 0 Å². The minimum Gasteiger partial charge on any atom is -0.347 e. The molecule has 2 aromatic heterocycles. The number of rotatable bonds is 4. The second-order valence-electron chi connectivity index (χ2n) is 6.14. The van der Waals surface area contributed by atoms with E-state index in [1.807, 2.05) is 17.5 Å². The van der Waals surface area contributed by atoms with Gasteiger partial charge in [-0.1, -0.05) is 18.2 Å². The number of aromatic nitrogens is 2. The predicted molar refractivity (Wildman–Crippen MR) is 95.2 cm³/mol. The van der Waals surface area contributed by atoms with Crippen LogP contribution in [0.15, 0.2) is 47.8 Å². The zero-order valence-corrected chi connectivity index (χ0v) is 14.8. The molecule has 1 aliphatic heterocycles. The molecule has 2 N–H and O–H groups in total. The Morgan fingerprint density at radius 2 is 2.04 bits per heavy atom. The molecule has 0 unspecified atom stereocenters. The number of carbonyl (C=O) groups is 1. The second-order valence-corrected chi connectivity index (χ2v) is 7.09. The van der Waals surface area contributed by atoms with Gasteiger partial charge in [0.05, 0.1) is 17.0 Å². The van der Waals surface area contributed by atoms with Crippen LogP contribution in [0.1, 0.15) is 27.8 Å². The molecular weight excluding hydrogens is 377 g/mol. The number of thiophene rings is 1. The van der Waals surface area contributed by atoms with Gasteiger partial charge in [-0.25, -0.2) is 4.68 Å². The fraction of sp³-hybridized carbons (Fsp3) is 0.222. The summed E-state index contributed by atoms with van der Waals surface area (Å²) < 4.78 is 39.6. The number of hydrogen-bond acceptors (Lipinski definition) is 4. The Kier molecular flexibility index (Phi) is 4.48. The first-order chi connectivity index (χ1) is 12.9. The lowest BCUT2D eigenvalue weighted by Gasteiger charge is -2.25. The standard InChI is InChI=1S/C18H15F3N4OS/c19-18(20,21)12-5-3-11(4-6-12)9-22-16-10-23-17(26)14-8-13(24-25(14)16)15-2-1-7-27-15/h1-8,16,22H,9-10H2,(H,23,26)/t16-/m1/s1. The van der Waals surface area contributed by atoms with E-state index in [-0.39, 0.29) is 12.1 Å². The molecule has 0 radical (unpaired) electrons. The normalized spacial score (nSPS) is 16.9. The number of amides is 1. The molecule has 0 saturated carbocycles. The maximum absolute atomic E-state index is 12.7. The molecular formula is C18H15F3N4OS. The molecule has 0 bridgehead atoms. The van der Waals surface area contributed by atoms with Crippen LogP contribution in [-0.4, -0.2) is 22.2 Å². The lowest BCUT2D eigenvalue weighted by Crippen LogP contribution is -2.45. The molecule has 27 heavy (non-hydrogen) atoms. The molecule has 1 amide bonds. The topological polar surface area (TPSA) is 59.0 Å². The van der Waals surface area contributed by atoms with E-state index in [2.05, 4.69) is 15.7 Å². The number of halogens is 3. The van der Waals surface area contributed by atoms with E-state index in [0.717, 1.165) is 22.7 Å². The van der Waals surface area contributed by atoms with E-state index in [1.165, 1.54) is 23.5 Å². The SMILES string of the molecule is O=C1NC[C@H](NCc2ccc(C(F)(F)F)cc2)n2nc(-c3cccs3)cc21. The van der Waals surface area contributed by atoms with Crippen molar-refractivity contribution in [2.24, 2.45) is 0 Å². The first-order valence-corrected chi connectivity index (χ1v) is 9.11.